The maximum atomic E-state index is 2.44. The molecule has 0 aliphatic heterocycles. The number of hydrogen-bond donors (Lipinski definition) is 0. The van der Waals surface area contributed by atoms with Gasteiger partial charge in [-0.25, -0.2) is 0 Å². The topological polar surface area (TPSA) is 0 Å². The van der Waals surface area contributed by atoms with E-state index in [2.05, 4.69) is 48.5 Å². The van der Waals surface area contributed by atoms with Crippen molar-refractivity contribution in [3.05, 3.63) is 0 Å². The fourth-order valence-corrected chi connectivity index (χ4v) is 2.56. The minimum absolute atomic E-state index is 0.493. The van der Waals surface area contributed by atoms with Gasteiger partial charge in [0.2, 0.25) is 0 Å². The number of rotatable bonds is 7. The molecule has 0 amide bonds. The van der Waals surface area contributed by atoms with E-state index < -0.39 is 0 Å². The molecule has 0 saturated carbocycles. The molecule has 0 aromatic rings. The Kier molecular flexibility index (Phi) is 6.67. The van der Waals surface area contributed by atoms with Crippen molar-refractivity contribution in [1.29, 1.82) is 0 Å². The molecule has 0 radical (unpaired) electrons. The first kappa shape index (κ1) is 16.0. The van der Waals surface area contributed by atoms with Gasteiger partial charge in [0.05, 0.1) is 0 Å². The van der Waals surface area contributed by atoms with Crippen LogP contribution in [0.2, 0.25) is 0 Å². The molecule has 1 atom stereocenters. The predicted molar refractivity (Wildman–Crippen MR) is 75.8 cm³/mol. The SMILES string of the molecule is CCCCC(C)(C)CCC(C)CC(C)(C)C. The van der Waals surface area contributed by atoms with Gasteiger partial charge in [0.1, 0.15) is 0 Å². The lowest BCUT2D eigenvalue weighted by molar-refractivity contribution is 0.235. The van der Waals surface area contributed by atoms with Crippen LogP contribution in [-0.2, 0) is 0 Å². The lowest BCUT2D eigenvalue weighted by Gasteiger charge is -2.28. The maximum absolute atomic E-state index is 2.44. The largest absolute Gasteiger partial charge is 0.0654 e. The molecule has 0 saturated heterocycles. The first-order valence-corrected chi connectivity index (χ1v) is 7.16. The van der Waals surface area contributed by atoms with Crippen molar-refractivity contribution in [2.75, 3.05) is 0 Å². The highest BCUT2D eigenvalue weighted by molar-refractivity contribution is 4.72. The van der Waals surface area contributed by atoms with Gasteiger partial charge in [-0.3, -0.25) is 0 Å². The van der Waals surface area contributed by atoms with E-state index in [-0.39, 0.29) is 0 Å². The summed E-state index contributed by atoms with van der Waals surface area (Å²) in [5.74, 6) is 0.876. The Morgan fingerprint density at radius 1 is 0.938 bits per heavy atom. The molecule has 0 nitrogen and oxygen atoms in total. The average Bonchev–Trinajstić information content (AvgIpc) is 2.09. The third-order valence-corrected chi connectivity index (χ3v) is 3.48. The van der Waals surface area contributed by atoms with Crippen LogP contribution in [0.1, 0.15) is 87.0 Å². The Morgan fingerprint density at radius 2 is 1.50 bits per heavy atom. The van der Waals surface area contributed by atoms with Crippen molar-refractivity contribution >= 4 is 0 Å². The molecule has 0 aliphatic carbocycles. The number of unbranched alkanes of at least 4 members (excludes halogenated alkanes) is 1. The van der Waals surface area contributed by atoms with Crippen LogP contribution in [0.4, 0.5) is 0 Å². The molecule has 0 heterocycles. The third-order valence-electron chi connectivity index (χ3n) is 3.48. The van der Waals surface area contributed by atoms with Crippen LogP contribution >= 0.6 is 0 Å². The van der Waals surface area contributed by atoms with Crippen LogP contribution in [0.25, 0.3) is 0 Å². The molecule has 0 fully saturated rings. The summed E-state index contributed by atoms with van der Waals surface area (Å²) in [5, 5.41) is 0. The summed E-state index contributed by atoms with van der Waals surface area (Å²) >= 11 is 0. The van der Waals surface area contributed by atoms with Crippen molar-refractivity contribution < 1.29 is 0 Å². The zero-order chi connectivity index (χ0) is 12.8. The fraction of sp³-hybridized carbons (Fsp3) is 1.00. The molecule has 0 rings (SSSR count). The quantitative estimate of drug-likeness (QED) is 0.495. The first-order chi connectivity index (χ1) is 7.16. The molecule has 1 unspecified atom stereocenters. The summed E-state index contributed by atoms with van der Waals surface area (Å²) < 4.78 is 0. The lowest BCUT2D eigenvalue weighted by Crippen LogP contribution is -2.16. The molecular formula is C16H34. The van der Waals surface area contributed by atoms with Gasteiger partial charge in [0, 0.05) is 0 Å². The number of hydrogen-bond acceptors (Lipinski definition) is 0. The van der Waals surface area contributed by atoms with Gasteiger partial charge in [-0.2, -0.15) is 0 Å². The molecule has 0 heteroatoms. The Balaban J connectivity index is 3.85. The van der Waals surface area contributed by atoms with E-state index in [1.165, 1.54) is 38.5 Å². The average molecular weight is 226 g/mol. The van der Waals surface area contributed by atoms with Crippen LogP contribution < -0.4 is 0 Å². The first-order valence-electron chi connectivity index (χ1n) is 7.16. The fourth-order valence-electron chi connectivity index (χ4n) is 2.56. The second-order valence-corrected chi connectivity index (χ2v) is 7.68. The van der Waals surface area contributed by atoms with Gasteiger partial charge < -0.3 is 0 Å². The summed E-state index contributed by atoms with van der Waals surface area (Å²) in [4.78, 5) is 0. The molecular weight excluding hydrogens is 192 g/mol. The monoisotopic (exact) mass is 226 g/mol. The van der Waals surface area contributed by atoms with Gasteiger partial charge in [0.15, 0.2) is 0 Å². The summed E-state index contributed by atoms with van der Waals surface area (Å²) in [6, 6.07) is 0. The van der Waals surface area contributed by atoms with E-state index in [0.29, 0.717) is 10.8 Å². The molecule has 0 spiro atoms. The Bertz CT molecular complexity index is 171. The highest BCUT2D eigenvalue weighted by Crippen LogP contribution is 2.33. The van der Waals surface area contributed by atoms with Crippen molar-refractivity contribution in [3.8, 4) is 0 Å². The predicted octanol–water partition coefficient (Wildman–Crippen LogP) is 6.06. The van der Waals surface area contributed by atoms with Crippen LogP contribution in [0.3, 0.4) is 0 Å². The van der Waals surface area contributed by atoms with Gasteiger partial charge in [0.25, 0.3) is 0 Å². The minimum Gasteiger partial charge on any atom is -0.0654 e. The second-order valence-electron chi connectivity index (χ2n) is 7.68. The van der Waals surface area contributed by atoms with Crippen LogP contribution in [0.5, 0.6) is 0 Å². The Labute approximate surface area is 104 Å². The van der Waals surface area contributed by atoms with E-state index in [1.54, 1.807) is 0 Å². The van der Waals surface area contributed by atoms with Gasteiger partial charge in [-0.1, -0.05) is 67.7 Å². The summed E-state index contributed by atoms with van der Waals surface area (Å²) in [7, 11) is 0. The summed E-state index contributed by atoms with van der Waals surface area (Å²) in [6.07, 6.45) is 8.27. The summed E-state index contributed by atoms with van der Waals surface area (Å²) in [6.45, 7) is 16.6. The molecule has 0 bridgehead atoms. The highest BCUT2D eigenvalue weighted by atomic mass is 14.3. The van der Waals surface area contributed by atoms with Crippen molar-refractivity contribution in [2.24, 2.45) is 16.7 Å². The van der Waals surface area contributed by atoms with E-state index in [1.807, 2.05) is 0 Å². The van der Waals surface area contributed by atoms with Gasteiger partial charge >= 0.3 is 0 Å². The Hall–Kier alpha value is 0. The smallest absolute Gasteiger partial charge is 0.0354 e. The van der Waals surface area contributed by atoms with Crippen molar-refractivity contribution in [3.63, 3.8) is 0 Å². The molecule has 16 heavy (non-hydrogen) atoms. The van der Waals surface area contributed by atoms with E-state index in [0.717, 1.165) is 5.92 Å². The molecule has 0 aromatic heterocycles. The zero-order valence-corrected chi connectivity index (χ0v) is 12.8. The van der Waals surface area contributed by atoms with Crippen molar-refractivity contribution in [2.45, 2.75) is 87.0 Å². The minimum atomic E-state index is 0.493. The summed E-state index contributed by atoms with van der Waals surface area (Å²) in [5.41, 5.74) is 1.05. The lowest BCUT2D eigenvalue weighted by atomic mass is 9.77. The Morgan fingerprint density at radius 3 is 1.94 bits per heavy atom. The third kappa shape index (κ3) is 9.24. The molecule has 0 aliphatic rings. The van der Waals surface area contributed by atoms with Crippen molar-refractivity contribution in [1.82, 2.24) is 0 Å². The van der Waals surface area contributed by atoms with E-state index >= 15 is 0 Å². The van der Waals surface area contributed by atoms with Gasteiger partial charge in [-0.05, 0) is 36.0 Å². The van der Waals surface area contributed by atoms with E-state index in [4.69, 9.17) is 0 Å². The molecule has 0 N–H and O–H groups in total. The van der Waals surface area contributed by atoms with E-state index in [9.17, 15) is 0 Å². The molecule has 0 aromatic carbocycles. The van der Waals surface area contributed by atoms with Crippen LogP contribution in [0.15, 0.2) is 0 Å². The second kappa shape index (κ2) is 6.67. The van der Waals surface area contributed by atoms with Crippen LogP contribution in [0, 0.1) is 16.7 Å². The maximum Gasteiger partial charge on any atom is -0.0354 e. The highest BCUT2D eigenvalue weighted by Gasteiger charge is 2.20. The van der Waals surface area contributed by atoms with Gasteiger partial charge in [-0.15, -0.1) is 0 Å². The molecule has 98 valence electrons. The normalized spacial score (nSPS) is 15.2. The van der Waals surface area contributed by atoms with Crippen LogP contribution in [-0.4, -0.2) is 0 Å². The standard InChI is InChI=1S/C16H34/c1-8-9-11-16(6,7)12-10-14(2)13-15(3,4)5/h14H,8-13H2,1-7H3. The zero-order valence-electron chi connectivity index (χ0n) is 12.8.